The monoisotopic (exact) mass is 218 g/mol. The van der Waals surface area contributed by atoms with Crippen LogP contribution in [0.5, 0.6) is 0 Å². The smallest absolute Gasteiger partial charge is 0.107 e. The zero-order valence-electron chi connectivity index (χ0n) is 7.23. The first-order valence-corrected chi connectivity index (χ1v) is 5.29. The highest BCUT2D eigenvalue weighted by Gasteiger charge is 2.04. The molecule has 0 amide bonds. The first-order chi connectivity index (χ1) is 6.79. The lowest BCUT2D eigenvalue weighted by Gasteiger charge is -1.86. The number of hydrogen-bond acceptors (Lipinski definition) is 4. The van der Waals surface area contributed by atoms with Crippen LogP contribution in [0, 0.1) is 11.3 Å². The molecule has 2 aromatic rings. The summed E-state index contributed by atoms with van der Waals surface area (Å²) in [5, 5.41) is 9.47. The molecule has 0 aliphatic carbocycles. The predicted molar refractivity (Wildman–Crippen MR) is 61.5 cm³/mol. The number of thiocarbonyl (C=S) groups is 1. The van der Waals surface area contributed by atoms with Gasteiger partial charge in [0.1, 0.15) is 6.07 Å². The van der Waals surface area contributed by atoms with E-state index in [1.807, 2.05) is 30.3 Å². The van der Waals surface area contributed by atoms with Gasteiger partial charge >= 0.3 is 0 Å². The van der Waals surface area contributed by atoms with Gasteiger partial charge in [0.05, 0.1) is 20.1 Å². The summed E-state index contributed by atoms with van der Waals surface area (Å²) in [6, 6.07) is 9.87. The molecule has 1 aromatic heterocycles. The first kappa shape index (κ1) is 9.25. The number of nitriles is 1. The maximum absolute atomic E-state index is 8.56. The van der Waals surface area contributed by atoms with Gasteiger partial charge in [0.25, 0.3) is 0 Å². The van der Waals surface area contributed by atoms with Gasteiger partial charge in [-0.2, -0.15) is 5.26 Å². The first-order valence-electron chi connectivity index (χ1n) is 4.07. The Labute approximate surface area is 90.8 Å². The predicted octanol–water partition coefficient (Wildman–Crippen LogP) is 2.73. The van der Waals surface area contributed by atoms with Gasteiger partial charge in [-0.05, 0) is 12.1 Å². The lowest BCUT2D eigenvalue weighted by atomic mass is 10.3. The normalized spacial score (nSPS) is 9.93. The minimum atomic E-state index is 0.393. The van der Waals surface area contributed by atoms with Crippen molar-refractivity contribution in [2.45, 2.75) is 6.42 Å². The minimum absolute atomic E-state index is 0.393. The largest absolute Gasteiger partial charge is 0.241 e. The number of nitrogens with zero attached hydrogens (tertiary/aromatic N) is 2. The molecule has 0 N–H and O–H groups in total. The maximum atomic E-state index is 8.56. The summed E-state index contributed by atoms with van der Waals surface area (Å²) in [7, 11) is 0. The standard InChI is InChI=1S/C10H6N2S2/c11-6-7(13)5-10-12-8-3-1-2-4-9(8)14-10/h1-4H,5H2. The van der Waals surface area contributed by atoms with Crippen molar-refractivity contribution in [2.75, 3.05) is 0 Å². The molecule has 14 heavy (non-hydrogen) atoms. The second kappa shape index (κ2) is 3.82. The zero-order valence-corrected chi connectivity index (χ0v) is 8.86. The second-order valence-electron chi connectivity index (χ2n) is 2.79. The van der Waals surface area contributed by atoms with Crippen LogP contribution in [0.15, 0.2) is 24.3 Å². The van der Waals surface area contributed by atoms with E-state index in [2.05, 4.69) is 4.98 Å². The van der Waals surface area contributed by atoms with Gasteiger partial charge in [-0.25, -0.2) is 4.98 Å². The van der Waals surface area contributed by atoms with Gasteiger partial charge in [-0.3, -0.25) is 0 Å². The molecular formula is C10H6N2S2. The summed E-state index contributed by atoms with van der Waals surface area (Å²) in [4.78, 5) is 4.77. The molecule has 2 rings (SSSR count). The van der Waals surface area contributed by atoms with Crippen LogP contribution in [0.25, 0.3) is 10.2 Å². The fourth-order valence-electron chi connectivity index (χ4n) is 1.17. The maximum Gasteiger partial charge on any atom is 0.107 e. The molecule has 2 nitrogen and oxygen atoms in total. The molecule has 0 saturated carbocycles. The number of hydrogen-bond donors (Lipinski definition) is 0. The molecular weight excluding hydrogens is 212 g/mol. The molecule has 0 bridgehead atoms. The van der Waals surface area contributed by atoms with Crippen LogP contribution in [0.4, 0.5) is 0 Å². The lowest BCUT2D eigenvalue weighted by molar-refractivity contribution is 1.27. The van der Waals surface area contributed by atoms with Crippen molar-refractivity contribution in [1.29, 1.82) is 5.26 Å². The highest BCUT2D eigenvalue weighted by atomic mass is 32.1. The molecule has 0 unspecified atom stereocenters. The average Bonchev–Trinajstić information content (AvgIpc) is 2.59. The SMILES string of the molecule is N#CC(=S)Cc1nc2ccccc2s1. The Kier molecular flexibility index (Phi) is 2.53. The number of para-hydroxylation sites is 1. The molecule has 0 atom stereocenters. The fraction of sp³-hybridized carbons (Fsp3) is 0.100. The van der Waals surface area contributed by atoms with E-state index < -0.39 is 0 Å². The highest BCUT2D eigenvalue weighted by molar-refractivity contribution is 7.81. The molecule has 0 saturated heterocycles. The van der Waals surface area contributed by atoms with Gasteiger partial charge in [0.15, 0.2) is 0 Å². The van der Waals surface area contributed by atoms with Crippen molar-refractivity contribution in [1.82, 2.24) is 4.98 Å². The van der Waals surface area contributed by atoms with E-state index in [4.69, 9.17) is 17.5 Å². The Hall–Kier alpha value is -1.31. The van der Waals surface area contributed by atoms with E-state index in [9.17, 15) is 0 Å². The second-order valence-corrected chi connectivity index (χ2v) is 4.40. The van der Waals surface area contributed by atoms with Crippen LogP contribution in [0.2, 0.25) is 0 Å². The van der Waals surface area contributed by atoms with Gasteiger partial charge in [-0.1, -0.05) is 24.4 Å². The van der Waals surface area contributed by atoms with Crippen molar-refractivity contribution >= 4 is 38.6 Å². The van der Waals surface area contributed by atoms with Gasteiger partial charge in [-0.15, -0.1) is 11.3 Å². The third-order valence-corrected chi connectivity index (χ3v) is 3.05. The number of aromatic nitrogens is 1. The van der Waals surface area contributed by atoms with E-state index in [1.54, 1.807) is 11.3 Å². The summed E-state index contributed by atoms with van der Waals surface area (Å²) in [6.07, 6.45) is 0.491. The Morgan fingerprint density at radius 2 is 2.29 bits per heavy atom. The van der Waals surface area contributed by atoms with Crippen LogP contribution in [0.1, 0.15) is 5.01 Å². The molecule has 1 aromatic carbocycles. The fourth-order valence-corrected chi connectivity index (χ4v) is 2.38. The van der Waals surface area contributed by atoms with Crippen LogP contribution in [-0.4, -0.2) is 9.85 Å². The quantitative estimate of drug-likeness (QED) is 0.727. The average molecular weight is 218 g/mol. The van der Waals surface area contributed by atoms with Crippen LogP contribution in [0.3, 0.4) is 0 Å². The molecule has 0 aliphatic heterocycles. The third kappa shape index (κ3) is 1.79. The molecule has 0 aliphatic rings. The van der Waals surface area contributed by atoms with Gasteiger partial charge in [0.2, 0.25) is 0 Å². The van der Waals surface area contributed by atoms with Crippen molar-refractivity contribution in [2.24, 2.45) is 0 Å². The number of thiazole rings is 1. The number of benzene rings is 1. The molecule has 1 heterocycles. The topological polar surface area (TPSA) is 36.7 Å². The van der Waals surface area contributed by atoms with E-state index in [-0.39, 0.29) is 0 Å². The minimum Gasteiger partial charge on any atom is -0.241 e. The third-order valence-electron chi connectivity index (χ3n) is 1.77. The van der Waals surface area contributed by atoms with Crippen LogP contribution in [-0.2, 0) is 6.42 Å². The Morgan fingerprint density at radius 3 is 3.00 bits per heavy atom. The van der Waals surface area contributed by atoms with Crippen LogP contribution < -0.4 is 0 Å². The van der Waals surface area contributed by atoms with Crippen molar-refractivity contribution in [3.8, 4) is 6.07 Å². The number of fused-ring (bicyclic) bond motifs is 1. The summed E-state index contributed by atoms with van der Waals surface area (Å²) < 4.78 is 1.14. The summed E-state index contributed by atoms with van der Waals surface area (Å²) in [6.45, 7) is 0. The van der Waals surface area contributed by atoms with Crippen molar-refractivity contribution in [3.63, 3.8) is 0 Å². The molecule has 0 radical (unpaired) electrons. The summed E-state index contributed by atoms with van der Waals surface area (Å²) in [5.74, 6) is 0. The Balaban J connectivity index is 2.37. The van der Waals surface area contributed by atoms with E-state index in [1.165, 1.54) is 0 Å². The Bertz CT molecular complexity index is 489. The Morgan fingerprint density at radius 1 is 1.50 bits per heavy atom. The summed E-state index contributed by atoms with van der Waals surface area (Å²) >= 11 is 6.44. The van der Waals surface area contributed by atoms with Crippen molar-refractivity contribution < 1.29 is 0 Å². The highest BCUT2D eigenvalue weighted by Crippen LogP contribution is 2.21. The van der Waals surface area contributed by atoms with E-state index in [0.29, 0.717) is 11.3 Å². The van der Waals surface area contributed by atoms with Gasteiger partial charge < -0.3 is 0 Å². The van der Waals surface area contributed by atoms with E-state index >= 15 is 0 Å². The summed E-state index contributed by atoms with van der Waals surface area (Å²) in [5.41, 5.74) is 0.980. The molecule has 68 valence electrons. The van der Waals surface area contributed by atoms with Gasteiger partial charge in [0, 0.05) is 6.42 Å². The lowest BCUT2D eigenvalue weighted by Crippen LogP contribution is -1.94. The van der Waals surface area contributed by atoms with E-state index in [0.717, 1.165) is 15.2 Å². The molecule has 4 heteroatoms. The van der Waals surface area contributed by atoms with Crippen molar-refractivity contribution in [3.05, 3.63) is 29.3 Å². The van der Waals surface area contributed by atoms with Crippen LogP contribution >= 0.6 is 23.6 Å². The molecule has 0 spiro atoms. The molecule has 0 fully saturated rings. The zero-order chi connectivity index (χ0) is 9.97. The number of rotatable bonds is 2.